The van der Waals surface area contributed by atoms with Crippen LogP contribution in [0.5, 0.6) is 5.75 Å². The number of aromatic amines is 2. The molecule has 15 nitrogen and oxygen atoms in total. The average Bonchev–Trinajstić information content (AvgIpc) is 4.10. The molecule has 0 aliphatic carbocycles. The Morgan fingerprint density at radius 2 is 1.63 bits per heavy atom. The molecule has 0 unspecified atom stereocenters. The summed E-state index contributed by atoms with van der Waals surface area (Å²) in [7, 11) is 2.94. The van der Waals surface area contributed by atoms with Crippen LogP contribution in [0.4, 0.5) is 4.79 Å². The minimum Gasteiger partial charge on any atom is -0.488 e. The molecule has 3 saturated heterocycles. The van der Waals surface area contributed by atoms with Gasteiger partial charge in [-0.2, -0.15) is 0 Å². The first-order valence-corrected chi connectivity index (χ1v) is 22.5. The van der Waals surface area contributed by atoms with Gasteiger partial charge in [0.1, 0.15) is 30.0 Å². The van der Waals surface area contributed by atoms with Crippen LogP contribution in [-0.2, 0) is 30.4 Å². The van der Waals surface area contributed by atoms with Crippen molar-refractivity contribution in [3.8, 4) is 28.1 Å². The number of benzene rings is 3. The van der Waals surface area contributed by atoms with Gasteiger partial charge < -0.3 is 44.0 Å². The lowest BCUT2D eigenvalue weighted by Crippen LogP contribution is -2.57. The third kappa shape index (κ3) is 7.82. The van der Waals surface area contributed by atoms with E-state index < -0.39 is 18.2 Å². The van der Waals surface area contributed by atoms with E-state index in [4.69, 9.17) is 28.9 Å². The van der Waals surface area contributed by atoms with Crippen molar-refractivity contribution in [3.05, 3.63) is 65.9 Å². The van der Waals surface area contributed by atoms with Gasteiger partial charge >= 0.3 is 6.09 Å². The molecule has 4 aliphatic heterocycles. The lowest BCUT2D eigenvalue weighted by molar-refractivity contribution is -0.143. The van der Waals surface area contributed by atoms with E-state index in [1.165, 1.54) is 7.11 Å². The van der Waals surface area contributed by atoms with Crippen LogP contribution >= 0.6 is 0 Å². The molecule has 2 aromatic heterocycles. The number of nitrogens with zero attached hydrogens (tertiary/aromatic N) is 4. The van der Waals surface area contributed by atoms with Gasteiger partial charge in [-0.1, -0.05) is 39.0 Å². The number of imidazole rings is 2. The predicted molar refractivity (Wildman–Crippen MR) is 239 cm³/mol. The van der Waals surface area contributed by atoms with Gasteiger partial charge in [-0.3, -0.25) is 14.9 Å². The Bertz CT molecular complexity index is 2530. The summed E-state index contributed by atoms with van der Waals surface area (Å²) >= 11 is 0. The number of H-pyrrole nitrogens is 2. The Morgan fingerprint density at radius 3 is 2.35 bits per heavy atom. The van der Waals surface area contributed by atoms with Gasteiger partial charge in [-0.05, 0) is 110 Å². The maximum absolute atomic E-state index is 14.5. The van der Waals surface area contributed by atoms with Crippen LogP contribution in [0.3, 0.4) is 0 Å². The first kappa shape index (κ1) is 42.8. The Kier molecular flexibility index (Phi) is 11.7. The summed E-state index contributed by atoms with van der Waals surface area (Å²) in [5.41, 5.74) is 6.55. The van der Waals surface area contributed by atoms with E-state index in [-0.39, 0.29) is 47.3 Å². The zero-order valence-corrected chi connectivity index (χ0v) is 37.4. The van der Waals surface area contributed by atoms with Crippen LogP contribution in [-0.4, -0.2) is 106 Å². The number of amides is 3. The second-order valence-electron chi connectivity index (χ2n) is 18.6. The maximum Gasteiger partial charge on any atom is 0.407 e. The monoisotopic (exact) mass is 860 g/mol. The number of fused-ring (bicyclic) bond motifs is 6. The molecule has 0 radical (unpaired) electrons. The van der Waals surface area contributed by atoms with Gasteiger partial charge in [0.05, 0.1) is 54.9 Å². The molecule has 5 aromatic rings. The van der Waals surface area contributed by atoms with Gasteiger partial charge in [0, 0.05) is 43.4 Å². The molecule has 4 aliphatic rings. The molecule has 3 aromatic carbocycles. The van der Waals surface area contributed by atoms with Crippen LogP contribution in [0.1, 0.15) is 102 Å². The number of likely N-dealkylation sites (tertiary alicyclic amines) is 2. The topological polar surface area (TPSA) is 176 Å². The third-order valence-electron chi connectivity index (χ3n) is 14.2. The van der Waals surface area contributed by atoms with Crippen LogP contribution in [0.15, 0.2) is 48.7 Å². The molecule has 15 heteroatoms. The fraction of sp³-hybridized carbons (Fsp3) is 0.521. The molecule has 0 saturated carbocycles. The number of methoxy groups -OCH3 is 2. The summed E-state index contributed by atoms with van der Waals surface area (Å²) in [5, 5.41) is 8.20. The number of carbonyl (C=O) groups is 3. The molecule has 4 N–H and O–H groups in total. The minimum atomic E-state index is -0.719. The summed E-state index contributed by atoms with van der Waals surface area (Å²) in [6.45, 7) is 12.2. The second kappa shape index (κ2) is 17.2. The van der Waals surface area contributed by atoms with Crippen molar-refractivity contribution in [2.24, 2.45) is 11.3 Å². The molecule has 9 rings (SSSR count). The van der Waals surface area contributed by atoms with Crippen molar-refractivity contribution in [2.75, 3.05) is 34.2 Å². The lowest BCUT2D eigenvalue weighted by atomic mass is 9.75. The summed E-state index contributed by atoms with van der Waals surface area (Å²) < 4.78 is 22.4. The van der Waals surface area contributed by atoms with Crippen LogP contribution in [0.25, 0.3) is 44.2 Å². The highest BCUT2D eigenvalue weighted by molar-refractivity contribution is 6.07. The number of hydrogen-bond donors (Lipinski definition) is 4. The van der Waals surface area contributed by atoms with Crippen LogP contribution in [0, 0.1) is 11.3 Å². The van der Waals surface area contributed by atoms with E-state index in [2.05, 4.69) is 70.8 Å². The van der Waals surface area contributed by atoms with Gasteiger partial charge in [0.15, 0.2) is 0 Å². The summed E-state index contributed by atoms with van der Waals surface area (Å²) in [6, 6.07) is 13.3. The highest BCUT2D eigenvalue weighted by Gasteiger charge is 2.47. The van der Waals surface area contributed by atoms with Crippen LogP contribution < -0.4 is 15.4 Å². The molecular weight excluding hydrogens is 801 g/mol. The fourth-order valence-electron chi connectivity index (χ4n) is 10.5. The standard InChI is InChI=1S/C48H60N8O7/c1-26(2)40(54-47(59)61-7)45(57)55-27(3)9-15-38(55)44-51-35-13-11-29-21-34-32-12-10-30(20-31(32)24-63-39(34)22-33(29)41(35)53-44)36-23-49-43(52-36)37-14-8-28(4)56(37)46(58)42(50-25-60-6)48(5)16-18-62-19-17-48/h10-13,20-23,26-28,37-38,40,42,50H,8-9,14-19,24-25H2,1-7H3,(H,49,52)(H,51,53)(H,54,59)/t27-,28-,37-,38-,40-,42+/m0/s1. The maximum atomic E-state index is 14.5. The van der Waals surface area contributed by atoms with E-state index in [9.17, 15) is 14.4 Å². The highest BCUT2D eigenvalue weighted by Crippen LogP contribution is 2.45. The molecule has 63 heavy (non-hydrogen) atoms. The lowest BCUT2D eigenvalue weighted by Gasteiger charge is -2.43. The Hall–Kier alpha value is -5.51. The smallest absolute Gasteiger partial charge is 0.407 e. The average molecular weight is 861 g/mol. The molecule has 6 atom stereocenters. The number of aromatic nitrogens is 4. The summed E-state index contributed by atoms with van der Waals surface area (Å²) in [5.74, 6) is 2.13. The SMILES string of the molecule is COCN[C@H](C(=O)N1[C@@H](C)CC[C@H]1c1ncc(-c2ccc3c(c2)COc2cc4c(ccc5nc([C@@H]6CC[C@H](C)N6C(=O)[C@@H](NC(=O)OC)C(C)C)[nH]c54)cc2-3)[nH]1)C1(C)CCOCC1. The number of rotatable bonds is 11. The molecule has 3 fully saturated rings. The van der Waals surface area contributed by atoms with Crippen molar-refractivity contribution in [3.63, 3.8) is 0 Å². The largest absolute Gasteiger partial charge is 0.488 e. The highest BCUT2D eigenvalue weighted by atomic mass is 16.5. The Morgan fingerprint density at radius 1 is 0.905 bits per heavy atom. The minimum absolute atomic E-state index is 0.0186. The van der Waals surface area contributed by atoms with Crippen molar-refractivity contribution in [1.82, 2.24) is 40.4 Å². The predicted octanol–water partition coefficient (Wildman–Crippen LogP) is 7.53. The van der Waals surface area contributed by atoms with E-state index in [0.29, 0.717) is 26.6 Å². The zero-order valence-electron chi connectivity index (χ0n) is 37.4. The van der Waals surface area contributed by atoms with Gasteiger partial charge in [0.25, 0.3) is 0 Å². The molecule has 6 heterocycles. The van der Waals surface area contributed by atoms with Crippen molar-refractivity contribution < 1.29 is 33.3 Å². The van der Waals surface area contributed by atoms with Crippen molar-refractivity contribution >= 4 is 39.7 Å². The quantitative estimate of drug-likeness (QED) is 0.0972. The van der Waals surface area contributed by atoms with Crippen LogP contribution in [0.2, 0.25) is 0 Å². The second-order valence-corrected chi connectivity index (χ2v) is 18.6. The zero-order chi connectivity index (χ0) is 44.2. The van der Waals surface area contributed by atoms with E-state index in [1.807, 2.05) is 42.8 Å². The van der Waals surface area contributed by atoms with Gasteiger partial charge in [-0.15, -0.1) is 0 Å². The number of nitrogens with one attached hydrogen (secondary N) is 4. The molecule has 334 valence electrons. The van der Waals surface area contributed by atoms with Gasteiger partial charge in [0.2, 0.25) is 11.8 Å². The summed E-state index contributed by atoms with van der Waals surface area (Å²) in [4.78, 5) is 61.7. The summed E-state index contributed by atoms with van der Waals surface area (Å²) in [6.07, 6.45) is 6.17. The molecular formula is C48H60N8O7. The van der Waals surface area contributed by atoms with E-state index in [0.717, 1.165) is 106 Å². The molecule has 0 bridgehead atoms. The number of carbonyl (C=O) groups excluding carboxylic acids is 3. The molecule has 0 spiro atoms. The first-order valence-electron chi connectivity index (χ1n) is 22.5. The Labute approximate surface area is 368 Å². The molecule has 3 amide bonds. The third-order valence-corrected chi connectivity index (χ3v) is 14.2. The number of ether oxygens (including phenoxy) is 4. The first-order chi connectivity index (χ1) is 30.4. The van der Waals surface area contributed by atoms with E-state index in [1.54, 1.807) is 7.11 Å². The number of hydrogen-bond acceptors (Lipinski definition) is 10. The van der Waals surface area contributed by atoms with Crippen molar-refractivity contribution in [1.29, 1.82) is 0 Å². The number of alkyl carbamates (subject to hydrolysis) is 1. The van der Waals surface area contributed by atoms with Crippen molar-refractivity contribution in [2.45, 2.75) is 116 Å². The fourth-order valence-corrected chi connectivity index (χ4v) is 10.5. The normalized spacial score (nSPS) is 22.8. The Balaban J connectivity index is 0.962. The van der Waals surface area contributed by atoms with Gasteiger partial charge in [-0.25, -0.2) is 14.8 Å². The van der Waals surface area contributed by atoms with E-state index >= 15 is 0 Å².